The van der Waals surface area contributed by atoms with Crippen molar-refractivity contribution >= 4 is 0 Å². The third-order valence-corrected chi connectivity index (χ3v) is 3.40. The van der Waals surface area contributed by atoms with Crippen LogP contribution in [0.2, 0.25) is 0 Å². The van der Waals surface area contributed by atoms with E-state index in [1.807, 2.05) is 24.3 Å². The van der Waals surface area contributed by atoms with Crippen molar-refractivity contribution in [3.8, 4) is 11.8 Å². The summed E-state index contributed by atoms with van der Waals surface area (Å²) in [6.07, 6.45) is 6.68. The van der Waals surface area contributed by atoms with E-state index in [1.165, 1.54) is 37.7 Å². The van der Waals surface area contributed by atoms with Gasteiger partial charge in [0.2, 0.25) is 0 Å². The molecule has 0 aliphatic heterocycles. The predicted octanol–water partition coefficient (Wildman–Crippen LogP) is 3.01. The second kappa shape index (κ2) is 7.03. The smallest absolute Gasteiger partial charge is 0.174 e. The molecule has 0 saturated heterocycles. The first-order valence-electron chi connectivity index (χ1n) is 6.70. The summed E-state index contributed by atoms with van der Waals surface area (Å²) in [5.74, 6) is 0.777. The Balaban J connectivity index is 1.82. The van der Waals surface area contributed by atoms with E-state index in [0.29, 0.717) is 6.04 Å². The van der Waals surface area contributed by atoms with Crippen LogP contribution in [0.3, 0.4) is 0 Å². The second-order valence-corrected chi connectivity index (χ2v) is 4.81. The van der Waals surface area contributed by atoms with Gasteiger partial charge in [0.1, 0.15) is 11.8 Å². The fourth-order valence-electron chi connectivity index (χ4n) is 2.43. The molecule has 0 amide bonds. The monoisotopic (exact) mass is 244 g/mol. The Morgan fingerprint density at radius 3 is 2.89 bits per heavy atom. The maximum absolute atomic E-state index is 8.48. The number of benzene rings is 1. The highest BCUT2D eigenvalue weighted by Gasteiger charge is 2.12. The molecule has 1 fully saturated rings. The lowest BCUT2D eigenvalue weighted by Gasteiger charge is -2.22. The molecule has 0 bridgehead atoms. The minimum atomic E-state index is 0.111. The van der Waals surface area contributed by atoms with Crippen LogP contribution in [0, 0.1) is 11.3 Å². The Kier molecular flexibility index (Phi) is 5.04. The number of hydrogen-bond acceptors (Lipinski definition) is 3. The third kappa shape index (κ3) is 4.05. The van der Waals surface area contributed by atoms with Gasteiger partial charge in [-0.15, -0.1) is 0 Å². The second-order valence-electron chi connectivity index (χ2n) is 4.81. The van der Waals surface area contributed by atoms with E-state index in [2.05, 4.69) is 11.4 Å². The Labute approximate surface area is 109 Å². The van der Waals surface area contributed by atoms with Gasteiger partial charge in [-0.1, -0.05) is 31.4 Å². The molecule has 3 heteroatoms. The lowest BCUT2D eigenvalue weighted by Crippen LogP contribution is -2.30. The van der Waals surface area contributed by atoms with E-state index < -0.39 is 0 Å². The zero-order valence-corrected chi connectivity index (χ0v) is 10.7. The number of ether oxygens (including phenoxy) is 1. The Morgan fingerprint density at radius 2 is 2.11 bits per heavy atom. The molecule has 1 aliphatic rings. The van der Waals surface area contributed by atoms with E-state index in [-0.39, 0.29) is 6.61 Å². The molecule has 1 aromatic carbocycles. The van der Waals surface area contributed by atoms with Crippen molar-refractivity contribution in [1.29, 1.82) is 5.26 Å². The van der Waals surface area contributed by atoms with Crippen molar-refractivity contribution in [1.82, 2.24) is 5.32 Å². The minimum absolute atomic E-state index is 0.111. The van der Waals surface area contributed by atoms with Crippen molar-refractivity contribution < 1.29 is 4.74 Å². The van der Waals surface area contributed by atoms with Gasteiger partial charge in [0, 0.05) is 12.6 Å². The van der Waals surface area contributed by atoms with Crippen molar-refractivity contribution in [3.05, 3.63) is 29.8 Å². The highest BCUT2D eigenvalue weighted by Crippen LogP contribution is 2.18. The first-order valence-corrected chi connectivity index (χ1v) is 6.70. The first-order chi connectivity index (χ1) is 8.88. The summed E-state index contributed by atoms with van der Waals surface area (Å²) >= 11 is 0. The third-order valence-electron chi connectivity index (χ3n) is 3.40. The summed E-state index contributed by atoms with van der Waals surface area (Å²) in [7, 11) is 0. The molecule has 1 aliphatic carbocycles. The van der Waals surface area contributed by atoms with E-state index in [9.17, 15) is 0 Å². The average molecular weight is 244 g/mol. The summed E-state index contributed by atoms with van der Waals surface area (Å²) in [6.45, 7) is 0.994. The molecule has 0 heterocycles. The molecule has 1 saturated carbocycles. The summed E-state index contributed by atoms with van der Waals surface area (Å²) in [5, 5.41) is 12.1. The molecule has 0 aromatic heterocycles. The molecule has 18 heavy (non-hydrogen) atoms. The highest BCUT2D eigenvalue weighted by atomic mass is 16.5. The van der Waals surface area contributed by atoms with Crippen molar-refractivity contribution in [2.45, 2.75) is 44.7 Å². The van der Waals surface area contributed by atoms with Gasteiger partial charge in [-0.2, -0.15) is 5.26 Å². The Morgan fingerprint density at radius 1 is 1.28 bits per heavy atom. The van der Waals surface area contributed by atoms with Gasteiger partial charge in [-0.25, -0.2) is 0 Å². The summed E-state index contributed by atoms with van der Waals surface area (Å²) < 4.78 is 5.30. The molecule has 0 atom stereocenters. The van der Waals surface area contributed by atoms with Crippen LogP contribution in [-0.2, 0) is 6.54 Å². The topological polar surface area (TPSA) is 45.0 Å². The molecule has 3 nitrogen and oxygen atoms in total. The van der Waals surface area contributed by atoms with Gasteiger partial charge in [0.15, 0.2) is 6.61 Å². The molecule has 2 rings (SSSR count). The molecular formula is C15H20N2O. The van der Waals surface area contributed by atoms with Gasteiger partial charge in [0.25, 0.3) is 0 Å². The van der Waals surface area contributed by atoms with E-state index in [1.54, 1.807) is 0 Å². The summed E-state index contributed by atoms with van der Waals surface area (Å²) in [4.78, 5) is 0. The normalized spacial score (nSPS) is 16.2. The molecule has 0 spiro atoms. The van der Waals surface area contributed by atoms with Gasteiger partial charge in [-0.05, 0) is 30.5 Å². The van der Waals surface area contributed by atoms with Crippen LogP contribution >= 0.6 is 0 Å². The summed E-state index contributed by atoms with van der Waals surface area (Å²) in [5.41, 5.74) is 1.22. The standard InChI is InChI=1S/C15H20N2O/c16-9-10-18-15-8-4-5-13(11-15)12-17-14-6-2-1-3-7-14/h4-5,8,11,14,17H,1-3,6-7,10,12H2. The molecule has 1 aromatic rings. The van der Waals surface area contributed by atoms with E-state index >= 15 is 0 Å². The summed E-state index contributed by atoms with van der Waals surface area (Å²) in [6, 6.07) is 10.6. The quantitative estimate of drug-likeness (QED) is 0.866. The van der Waals surface area contributed by atoms with Gasteiger partial charge in [-0.3, -0.25) is 0 Å². The number of nitriles is 1. The minimum Gasteiger partial charge on any atom is -0.479 e. The van der Waals surface area contributed by atoms with Crippen LogP contribution in [0.25, 0.3) is 0 Å². The highest BCUT2D eigenvalue weighted by molar-refractivity contribution is 5.28. The number of nitrogens with zero attached hydrogens (tertiary/aromatic N) is 1. The zero-order valence-electron chi connectivity index (χ0n) is 10.7. The first kappa shape index (κ1) is 12.9. The molecule has 0 radical (unpaired) electrons. The zero-order chi connectivity index (χ0) is 12.6. The van der Waals surface area contributed by atoms with Crippen molar-refractivity contribution in [3.63, 3.8) is 0 Å². The lowest BCUT2D eigenvalue weighted by atomic mass is 9.95. The fourth-order valence-corrected chi connectivity index (χ4v) is 2.43. The maximum atomic E-state index is 8.48. The molecule has 1 N–H and O–H groups in total. The lowest BCUT2D eigenvalue weighted by molar-refractivity contribution is 0.364. The molecule has 0 unspecified atom stereocenters. The maximum Gasteiger partial charge on any atom is 0.174 e. The van der Waals surface area contributed by atoms with Crippen LogP contribution in [0.15, 0.2) is 24.3 Å². The molecule has 96 valence electrons. The van der Waals surface area contributed by atoms with Crippen LogP contribution in [-0.4, -0.2) is 12.6 Å². The SMILES string of the molecule is N#CCOc1cccc(CNC2CCCCC2)c1. The predicted molar refractivity (Wildman–Crippen MR) is 71.3 cm³/mol. The number of hydrogen-bond donors (Lipinski definition) is 1. The van der Waals surface area contributed by atoms with E-state index in [4.69, 9.17) is 10.00 Å². The van der Waals surface area contributed by atoms with Crippen LogP contribution in [0.1, 0.15) is 37.7 Å². The van der Waals surface area contributed by atoms with Gasteiger partial charge < -0.3 is 10.1 Å². The van der Waals surface area contributed by atoms with Gasteiger partial charge in [0.05, 0.1) is 0 Å². The fraction of sp³-hybridized carbons (Fsp3) is 0.533. The van der Waals surface area contributed by atoms with Gasteiger partial charge >= 0.3 is 0 Å². The average Bonchev–Trinajstić information content (AvgIpc) is 2.44. The number of nitrogens with one attached hydrogen (secondary N) is 1. The largest absolute Gasteiger partial charge is 0.479 e. The van der Waals surface area contributed by atoms with Crippen molar-refractivity contribution in [2.24, 2.45) is 0 Å². The van der Waals surface area contributed by atoms with Crippen molar-refractivity contribution in [2.75, 3.05) is 6.61 Å². The van der Waals surface area contributed by atoms with Crippen LogP contribution in [0.4, 0.5) is 0 Å². The molecular weight excluding hydrogens is 224 g/mol. The van der Waals surface area contributed by atoms with Crippen LogP contribution in [0.5, 0.6) is 5.75 Å². The van der Waals surface area contributed by atoms with E-state index in [0.717, 1.165) is 12.3 Å². The number of rotatable bonds is 5. The Bertz CT molecular complexity index is 405. The Hall–Kier alpha value is -1.53. The van der Waals surface area contributed by atoms with Crippen LogP contribution < -0.4 is 10.1 Å².